The molecule has 4 nitrogen and oxygen atoms in total. The third-order valence-corrected chi connectivity index (χ3v) is 9.80. The monoisotopic (exact) mass is 678 g/mol. The zero-order chi connectivity index (χ0) is 36.3. The molecule has 1 atom stereocenters. The zero-order valence-electron chi connectivity index (χ0n) is 28.7. The van der Waals surface area contributed by atoms with Gasteiger partial charge in [0.25, 0.3) is 0 Å². The zero-order valence-corrected chi connectivity index (χ0v) is 28.7. The van der Waals surface area contributed by atoms with Gasteiger partial charge in [-0.15, -0.1) is 0 Å². The molecule has 0 aliphatic carbocycles. The van der Waals surface area contributed by atoms with Crippen molar-refractivity contribution in [3.05, 3.63) is 99.6 Å². The molecule has 0 saturated carbocycles. The Labute approximate surface area is 278 Å². The number of hydrogen-bond acceptors (Lipinski definition) is 4. The maximum atomic E-state index is 14.7. The number of carbonyl (C=O) groups is 2. The number of alkyl halides is 6. The van der Waals surface area contributed by atoms with Gasteiger partial charge in [-0.1, -0.05) is 77.4 Å². The predicted molar refractivity (Wildman–Crippen MR) is 174 cm³/mol. The van der Waals surface area contributed by atoms with E-state index in [0.717, 1.165) is 30.7 Å². The molecule has 0 aliphatic rings. The van der Waals surface area contributed by atoms with Gasteiger partial charge >= 0.3 is 24.3 Å². The van der Waals surface area contributed by atoms with E-state index in [0.29, 0.717) is 54.5 Å². The summed E-state index contributed by atoms with van der Waals surface area (Å²) in [5.74, 6) is -1.69. The van der Waals surface area contributed by atoms with Gasteiger partial charge in [-0.3, -0.25) is 0 Å². The molecule has 0 fully saturated rings. The molecule has 3 aromatic rings. The molecule has 3 rings (SSSR count). The van der Waals surface area contributed by atoms with Crippen molar-refractivity contribution >= 4 is 11.9 Å². The number of benzene rings is 3. The summed E-state index contributed by atoms with van der Waals surface area (Å²) in [6.07, 6.45) is -8.10. The molecule has 0 amide bonds. The van der Waals surface area contributed by atoms with E-state index in [9.17, 15) is 35.9 Å². The second-order valence-electron chi connectivity index (χ2n) is 12.9. The van der Waals surface area contributed by atoms with Gasteiger partial charge in [0, 0.05) is 0 Å². The van der Waals surface area contributed by atoms with Crippen LogP contribution in [0.3, 0.4) is 0 Å². The Morgan fingerprint density at radius 2 is 1.04 bits per heavy atom. The Bertz CT molecular complexity index is 1570. The van der Waals surface area contributed by atoms with Crippen LogP contribution >= 0.6 is 0 Å². The van der Waals surface area contributed by atoms with Gasteiger partial charge in [-0.2, -0.15) is 26.3 Å². The molecular formula is C38H44F6O4. The largest absolute Gasteiger partial charge is 0.456 e. The highest BCUT2D eigenvalue weighted by Crippen LogP contribution is 2.56. The van der Waals surface area contributed by atoms with Gasteiger partial charge in [-0.05, 0) is 104 Å². The molecule has 48 heavy (non-hydrogen) atoms. The Balaban J connectivity index is 1.97. The molecule has 0 spiro atoms. The van der Waals surface area contributed by atoms with Gasteiger partial charge in [0.1, 0.15) is 11.4 Å². The van der Waals surface area contributed by atoms with Crippen LogP contribution in [-0.2, 0) is 15.6 Å². The minimum atomic E-state index is -5.76. The van der Waals surface area contributed by atoms with Crippen LogP contribution in [-0.4, -0.2) is 29.9 Å². The van der Waals surface area contributed by atoms with Crippen LogP contribution in [0.5, 0.6) is 5.75 Å². The van der Waals surface area contributed by atoms with E-state index in [4.69, 9.17) is 9.47 Å². The Morgan fingerprint density at radius 3 is 1.44 bits per heavy atom. The Hall–Kier alpha value is -3.82. The van der Waals surface area contributed by atoms with Gasteiger partial charge in [0.05, 0.1) is 11.1 Å². The fourth-order valence-electron chi connectivity index (χ4n) is 6.06. The van der Waals surface area contributed by atoms with Crippen LogP contribution < -0.4 is 4.74 Å². The first-order chi connectivity index (χ1) is 22.2. The topological polar surface area (TPSA) is 52.6 Å². The van der Waals surface area contributed by atoms with Crippen molar-refractivity contribution in [1.29, 1.82) is 0 Å². The SMILES string of the molecule is CCCC(C)(CC)OC(=O)c1cc(C)c(C(=O)Oc2ccc(C(c3ccc(C(C)(CC)CC)cc3)(C(F)(F)F)C(F)(F)F)cc2)cc1C. The van der Waals surface area contributed by atoms with Crippen LogP contribution in [0.4, 0.5) is 26.3 Å². The van der Waals surface area contributed by atoms with Crippen molar-refractivity contribution in [2.75, 3.05) is 0 Å². The van der Waals surface area contributed by atoms with Crippen LogP contribution in [0.1, 0.15) is 122 Å². The summed E-state index contributed by atoms with van der Waals surface area (Å²) in [6.45, 7) is 14.7. The summed E-state index contributed by atoms with van der Waals surface area (Å²) in [7, 11) is 0. The molecule has 1 unspecified atom stereocenters. The summed E-state index contributed by atoms with van der Waals surface area (Å²) < 4.78 is 99.5. The van der Waals surface area contributed by atoms with Crippen molar-refractivity contribution in [3.8, 4) is 5.75 Å². The average molecular weight is 679 g/mol. The van der Waals surface area contributed by atoms with Gasteiger partial charge in [0.2, 0.25) is 5.41 Å². The van der Waals surface area contributed by atoms with E-state index < -0.39 is 51.8 Å². The van der Waals surface area contributed by atoms with Crippen molar-refractivity contribution in [3.63, 3.8) is 0 Å². The predicted octanol–water partition coefficient (Wildman–Crippen LogP) is 11.1. The highest BCUT2D eigenvalue weighted by atomic mass is 19.4. The summed E-state index contributed by atoms with van der Waals surface area (Å²) in [6, 6.07) is 10.6. The molecule has 0 saturated heterocycles. The van der Waals surface area contributed by atoms with Crippen molar-refractivity contribution < 1.29 is 45.4 Å². The normalized spacial score (nSPS) is 14.0. The average Bonchev–Trinajstić information content (AvgIpc) is 3.01. The third kappa shape index (κ3) is 7.42. The van der Waals surface area contributed by atoms with Crippen molar-refractivity contribution in [1.82, 2.24) is 0 Å². The van der Waals surface area contributed by atoms with E-state index >= 15 is 0 Å². The Morgan fingerprint density at radius 1 is 0.625 bits per heavy atom. The van der Waals surface area contributed by atoms with E-state index in [2.05, 4.69) is 0 Å². The Kier molecular flexibility index (Phi) is 11.5. The molecule has 10 heteroatoms. The van der Waals surface area contributed by atoms with Crippen molar-refractivity contribution in [2.45, 2.75) is 116 Å². The first-order valence-electron chi connectivity index (χ1n) is 16.1. The lowest BCUT2D eigenvalue weighted by molar-refractivity contribution is -0.288. The quantitative estimate of drug-likeness (QED) is 0.109. The number of halogens is 6. The van der Waals surface area contributed by atoms with E-state index in [-0.39, 0.29) is 16.9 Å². The lowest BCUT2D eigenvalue weighted by Gasteiger charge is -2.38. The second kappa shape index (κ2) is 14.3. The molecule has 0 aromatic heterocycles. The highest BCUT2D eigenvalue weighted by Gasteiger charge is 2.72. The minimum absolute atomic E-state index is 0.0751. The number of carbonyl (C=O) groups excluding carboxylic acids is 2. The third-order valence-electron chi connectivity index (χ3n) is 9.80. The first-order valence-corrected chi connectivity index (χ1v) is 16.1. The first kappa shape index (κ1) is 38.6. The van der Waals surface area contributed by atoms with Crippen LogP contribution in [0.2, 0.25) is 0 Å². The number of esters is 2. The summed E-state index contributed by atoms with van der Waals surface area (Å²) in [5.41, 5.74) is -5.63. The van der Waals surface area contributed by atoms with E-state index in [1.165, 1.54) is 24.3 Å². The molecule has 0 aliphatic heterocycles. The maximum Gasteiger partial charge on any atom is 0.411 e. The maximum absolute atomic E-state index is 14.7. The number of hydrogen-bond donors (Lipinski definition) is 0. The minimum Gasteiger partial charge on any atom is -0.456 e. The molecule has 3 aromatic carbocycles. The van der Waals surface area contributed by atoms with Crippen LogP contribution in [0.25, 0.3) is 0 Å². The molecular weight excluding hydrogens is 634 g/mol. The van der Waals surface area contributed by atoms with E-state index in [1.807, 2.05) is 41.5 Å². The molecule has 0 N–H and O–H groups in total. The van der Waals surface area contributed by atoms with Gasteiger partial charge in [-0.25, -0.2) is 9.59 Å². The molecule has 0 heterocycles. The fraction of sp³-hybridized carbons (Fsp3) is 0.474. The number of aryl methyl sites for hydroxylation is 2. The summed E-state index contributed by atoms with van der Waals surface area (Å²) in [4.78, 5) is 26.1. The van der Waals surface area contributed by atoms with Gasteiger partial charge in [0.15, 0.2) is 0 Å². The van der Waals surface area contributed by atoms with Gasteiger partial charge < -0.3 is 9.47 Å². The lowest BCUT2D eigenvalue weighted by atomic mass is 9.71. The number of ether oxygens (including phenoxy) is 2. The number of rotatable bonds is 12. The molecule has 262 valence electrons. The second-order valence-corrected chi connectivity index (χ2v) is 12.9. The summed E-state index contributed by atoms with van der Waals surface area (Å²) >= 11 is 0. The van der Waals surface area contributed by atoms with Crippen molar-refractivity contribution in [2.24, 2.45) is 0 Å². The van der Waals surface area contributed by atoms with E-state index in [1.54, 1.807) is 13.8 Å². The fourth-order valence-corrected chi connectivity index (χ4v) is 6.06. The smallest absolute Gasteiger partial charge is 0.411 e. The molecule has 0 bridgehead atoms. The lowest BCUT2D eigenvalue weighted by Crippen LogP contribution is -2.54. The summed E-state index contributed by atoms with van der Waals surface area (Å²) in [5, 5.41) is 0. The van der Waals surface area contributed by atoms with Crippen LogP contribution in [0, 0.1) is 13.8 Å². The highest BCUT2D eigenvalue weighted by molar-refractivity contribution is 5.97. The molecule has 0 radical (unpaired) electrons. The van der Waals surface area contributed by atoms with Crippen LogP contribution in [0.15, 0.2) is 60.7 Å². The standard InChI is InChI=1S/C38H44F6O4/c1-9-21-35(8,12-4)48-33(46)31-23-24(5)30(22-25(31)6)32(45)47-29-19-17-28(18-20-29)36(37(39,40)41,38(42,43)44)27-15-13-26(14-16-27)34(7,10-2)11-3/h13-20,22-23H,9-12,21H2,1-8H3.